The summed E-state index contributed by atoms with van der Waals surface area (Å²) in [4.78, 5) is 2.28. The zero-order chi connectivity index (χ0) is 5.28. The molecule has 4 heteroatoms. The zero-order valence-electron chi connectivity index (χ0n) is 4.64. The second-order valence-electron chi connectivity index (χ2n) is 1.72. The number of hydrogen-bond acceptors (Lipinski definition) is 3. The lowest BCUT2D eigenvalue weighted by atomic mass is 10.2. The van der Waals surface area contributed by atoms with E-state index >= 15 is 0 Å². The first-order valence-corrected chi connectivity index (χ1v) is 3.25. The largest absolute Gasteiger partial charge is 0.338 e. The molecule has 1 aliphatic rings. The quantitative estimate of drug-likeness (QED) is 0.306. The fraction of sp³-hybridized carbons (Fsp3) is 1.00. The van der Waals surface area contributed by atoms with Crippen molar-refractivity contribution in [2.75, 3.05) is 20.5 Å². The van der Waals surface area contributed by atoms with Crippen LogP contribution in [-0.2, 0) is 0 Å². The summed E-state index contributed by atoms with van der Waals surface area (Å²) in [5, 5.41) is 0. The Labute approximate surface area is 48.8 Å². The molecule has 0 aromatic carbocycles. The Morgan fingerprint density at radius 2 is 2.43 bits per heavy atom. The molecular weight excluding hydrogens is 107 g/mol. The number of nitrogens with zero attached hydrogens (tertiary/aromatic N) is 1. The number of hydrogen-bond donors (Lipinski definition) is 1. The molecule has 1 atom stereocenters. The summed E-state index contributed by atoms with van der Waals surface area (Å²) < 4.78 is 3.04. The summed E-state index contributed by atoms with van der Waals surface area (Å²) >= 11 is 1.78. The Hall–Kier alpha value is 0.335. The Morgan fingerprint density at radius 1 is 1.86 bits per heavy atom. The minimum atomic E-state index is 0.755. The molecule has 1 rings (SSSR count). The maximum absolute atomic E-state index is 3.04. The summed E-state index contributed by atoms with van der Waals surface area (Å²) in [5.41, 5.74) is 0. The molecule has 0 radical (unpaired) electrons. The van der Waals surface area contributed by atoms with Crippen molar-refractivity contribution < 1.29 is 0 Å². The normalized spacial score (nSPS) is 28.3. The Morgan fingerprint density at radius 3 is 2.57 bits per heavy atom. The van der Waals surface area contributed by atoms with Gasteiger partial charge in [0.1, 0.15) is 0 Å². The van der Waals surface area contributed by atoms with E-state index in [9.17, 15) is 0 Å². The van der Waals surface area contributed by atoms with Gasteiger partial charge in [-0.05, 0) is 20.5 Å². The van der Waals surface area contributed by atoms with Crippen molar-refractivity contribution in [2.45, 2.75) is 0 Å². The lowest BCUT2D eigenvalue weighted by Crippen LogP contribution is -2.02. The summed E-state index contributed by atoms with van der Waals surface area (Å²) in [7, 11) is 4.08. The van der Waals surface area contributed by atoms with E-state index in [-0.39, 0.29) is 0 Å². The minimum Gasteiger partial charge on any atom is -0.338 e. The fourth-order valence-electron chi connectivity index (χ4n) is 0.462. The van der Waals surface area contributed by atoms with Gasteiger partial charge in [0.05, 0.1) is 0 Å². The molecule has 1 fully saturated rings. The van der Waals surface area contributed by atoms with Gasteiger partial charge in [-0.3, -0.25) is 4.72 Å². The second-order valence-corrected chi connectivity index (χ2v) is 2.90. The molecule has 1 saturated heterocycles. The van der Waals surface area contributed by atoms with E-state index in [2.05, 4.69) is 16.6 Å². The monoisotopic (exact) mass is 116 g/mol. The molecule has 0 saturated carbocycles. The maximum atomic E-state index is 3.04. The Kier molecular flexibility index (Phi) is 1.62. The molecule has 1 aliphatic heterocycles. The van der Waals surface area contributed by atoms with Gasteiger partial charge in [0.25, 0.3) is 0 Å². The van der Waals surface area contributed by atoms with Crippen LogP contribution in [0.2, 0.25) is 0 Å². The first-order chi connectivity index (χ1) is 3.34. The third-order valence-electron chi connectivity index (χ3n) is 1.06. The zero-order valence-corrected chi connectivity index (χ0v) is 5.46. The molecule has 0 amide bonds. The molecule has 1 unspecified atom stereocenters. The van der Waals surface area contributed by atoms with Gasteiger partial charge in [0, 0.05) is 0 Å². The predicted molar refractivity (Wildman–Crippen MR) is 35.0 cm³/mol. The van der Waals surface area contributed by atoms with Crippen LogP contribution in [0.4, 0.5) is 0 Å². The lowest BCUT2D eigenvalue weighted by Gasteiger charge is -1.88. The average molecular weight is 116 g/mol. The van der Waals surface area contributed by atoms with Gasteiger partial charge >= 0.3 is 6.13 Å². The first-order valence-electron chi connectivity index (χ1n) is 2.37. The summed E-state index contributed by atoms with van der Waals surface area (Å²) in [6, 6.07) is 0. The highest BCUT2D eigenvalue weighted by Gasteiger charge is 2.35. The molecule has 0 aliphatic carbocycles. The maximum Gasteiger partial charge on any atom is 0.322 e. The van der Waals surface area contributed by atoms with E-state index in [0.29, 0.717) is 0 Å². The van der Waals surface area contributed by atoms with Gasteiger partial charge in [-0.1, -0.05) is 0 Å². The molecule has 0 aromatic rings. The van der Waals surface area contributed by atoms with Crippen LogP contribution in [0.25, 0.3) is 0 Å². The van der Waals surface area contributed by atoms with E-state index < -0.39 is 0 Å². The van der Waals surface area contributed by atoms with Crippen LogP contribution in [0.1, 0.15) is 0 Å². The van der Waals surface area contributed by atoms with E-state index in [1.54, 1.807) is 11.8 Å². The van der Waals surface area contributed by atoms with Gasteiger partial charge in [0.15, 0.2) is 0 Å². The minimum absolute atomic E-state index is 0.755. The van der Waals surface area contributed by atoms with Crippen molar-refractivity contribution in [3.05, 3.63) is 0 Å². The van der Waals surface area contributed by atoms with Crippen LogP contribution in [0.5, 0.6) is 0 Å². The first kappa shape index (κ1) is 5.47. The van der Waals surface area contributed by atoms with Crippen LogP contribution in [0.3, 0.4) is 0 Å². The fourth-order valence-corrected chi connectivity index (χ4v) is 1.22. The van der Waals surface area contributed by atoms with Crippen LogP contribution in [0, 0.1) is 0 Å². The predicted octanol–water partition coefficient (Wildman–Crippen LogP) is -0.173. The SMILES string of the molecule is CNSB1CN1C. The number of nitrogens with one attached hydrogen (secondary N) is 1. The van der Waals surface area contributed by atoms with E-state index in [1.165, 1.54) is 6.44 Å². The molecule has 2 nitrogen and oxygen atoms in total. The number of rotatable bonds is 2. The van der Waals surface area contributed by atoms with Crippen LogP contribution in [0.15, 0.2) is 0 Å². The van der Waals surface area contributed by atoms with Gasteiger partial charge in [-0.2, -0.15) is 0 Å². The molecule has 1 N–H and O–H groups in total. The van der Waals surface area contributed by atoms with Crippen molar-refractivity contribution >= 4 is 17.9 Å². The molecule has 7 heavy (non-hydrogen) atoms. The van der Waals surface area contributed by atoms with Crippen LogP contribution < -0.4 is 4.72 Å². The van der Waals surface area contributed by atoms with Gasteiger partial charge in [0.2, 0.25) is 0 Å². The van der Waals surface area contributed by atoms with Crippen molar-refractivity contribution in [1.29, 1.82) is 0 Å². The lowest BCUT2D eigenvalue weighted by molar-refractivity contribution is 0.773. The summed E-state index contributed by atoms with van der Waals surface area (Å²) in [6.45, 7) is 0. The Bertz CT molecular complexity index is 70.0. The average Bonchev–Trinajstić information content (AvgIpc) is 2.22. The Balaban J connectivity index is 1.98. The highest BCUT2D eigenvalue weighted by atomic mass is 32.2. The van der Waals surface area contributed by atoms with Crippen LogP contribution >= 0.6 is 11.8 Å². The highest BCUT2D eigenvalue weighted by molar-refractivity contribution is 8.24. The van der Waals surface area contributed by atoms with Crippen molar-refractivity contribution in [1.82, 2.24) is 9.53 Å². The molecule has 0 spiro atoms. The van der Waals surface area contributed by atoms with E-state index in [1.807, 2.05) is 7.05 Å². The van der Waals surface area contributed by atoms with Gasteiger partial charge < -0.3 is 4.81 Å². The van der Waals surface area contributed by atoms with Crippen molar-refractivity contribution in [3.8, 4) is 0 Å². The molecule has 0 bridgehead atoms. The van der Waals surface area contributed by atoms with Gasteiger partial charge in [-0.15, -0.1) is 11.8 Å². The van der Waals surface area contributed by atoms with Gasteiger partial charge in [-0.25, -0.2) is 0 Å². The van der Waals surface area contributed by atoms with Crippen molar-refractivity contribution in [3.63, 3.8) is 0 Å². The highest BCUT2D eigenvalue weighted by Crippen LogP contribution is 2.17. The van der Waals surface area contributed by atoms with Crippen molar-refractivity contribution in [2.24, 2.45) is 0 Å². The smallest absolute Gasteiger partial charge is 0.322 e. The second kappa shape index (κ2) is 2.07. The molecule has 0 aromatic heterocycles. The third kappa shape index (κ3) is 1.37. The van der Waals surface area contributed by atoms with E-state index in [4.69, 9.17) is 0 Å². The topological polar surface area (TPSA) is 15.0 Å². The summed E-state index contributed by atoms with van der Waals surface area (Å²) in [6.07, 6.45) is 2.00. The molecule has 1 heterocycles. The summed E-state index contributed by atoms with van der Waals surface area (Å²) in [5.74, 6) is 0. The van der Waals surface area contributed by atoms with E-state index in [0.717, 1.165) is 6.13 Å². The third-order valence-corrected chi connectivity index (χ3v) is 2.07. The molecular formula is C3H9BN2S. The standard InChI is InChI=1S/C3H9BN2S/c1-5-7-4-3-6(4)2/h5H,3H2,1-2H3. The molecule has 40 valence electrons. The van der Waals surface area contributed by atoms with Crippen LogP contribution in [-0.4, -0.2) is 31.5 Å².